The first kappa shape index (κ1) is 12.7. The number of hydrogen-bond donors (Lipinski definition) is 1. The van der Waals surface area contributed by atoms with Crippen LogP contribution in [-0.2, 0) is 19.1 Å². The van der Waals surface area contributed by atoms with Gasteiger partial charge in [-0.2, -0.15) is 0 Å². The summed E-state index contributed by atoms with van der Waals surface area (Å²) in [5.74, 6) is -0.575. The lowest BCUT2D eigenvalue weighted by atomic mass is 10.5. The van der Waals surface area contributed by atoms with Crippen LogP contribution in [0.25, 0.3) is 0 Å². The molecule has 0 saturated carbocycles. The van der Waals surface area contributed by atoms with Crippen LogP contribution in [0.2, 0.25) is 0 Å². The van der Waals surface area contributed by atoms with Gasteiger partial charge in [-0.3, -0.25) is 9.59 Å². The summed E-state index contributed by atoms with van der Waals surface area (Å²) in [5, 5.41) is 9.33. The van der Waals surface area contributed by atoms with Crippen molar-refractivity contribution in [2.75, 3.05) is 26.4 Å². The van der Waals surface area contributed by atoms with E-state index >= 15 is 0 Å². The fourth-order valence-corrected chi connectivity index (χ4v) is 1.25. The summed E-state index contributed by atoms with van der Waals surface area (Å²) in [7, 11) is 0. The Morgan fingerprint density at radius 2 is 2.25 bits per heavy atom. The molecule has 1 rings (SSSR count). The monoisotopic (exact) mass is 229 g/mol. The molecule has 0 aromatic rings. The fraction of sp³-hybridized carbons (Fsp3) is 0.600. The summed E-state index contributed by atoms with van der Waals surface area (Å²) in [6.07, 6.45) is 1.88. The third-order valence-corrected chi connectivity index (χ3v) is 2.02. The molecule has 1 N–H and O–H groups in total. The summed E-state index contributed by atoms with van der Waals surface area (Å²) < 4.78 is 9.78. The Bertz CT molecular complexity index is 289. The van der Waals surface area contributed by atoms with Crippen molar-refractivity contribution in [3.05, 3.63) is 12.2 Å². The van der Waals surface area contributed by atoms with Gasteiger partial charge >= 0.3 is 5.97 Å². The van der Waals surface area contributed by atoms with Crippen LogP contribution < -0.4 is 0 Å². The number of amides is 1. The van der Waals surface area contributed by atoms with Crippen molar-refractivity contribution >= 4 is 11.9 Å². The zero-order valence-electron chi connectivity index (χ0n) is 9.09. The Kier molecular flexibility index (Phi) is 4.94. The SMILES string of the molecule is CC(=O)OCCOCCN1C(=O)C=CC1O. The number of aliphatic hydroxyl groups excluding tert-OH is 1. The molecule has 1 aliphatic heterocycles. The second-order valence-electron chi connectivity index (χ2n) is 3.26. The predicted octanol–water partition coefficient (Wildman–Crippen LogP) is -0.717. The standard InChI is InChI=1S/C10H15NO5/c1-8(12)16-7-6-15-5-4-11-9(13)2-3-10(11)14/h2-3,9,13H,4-7H2,1H3. The number of esters is 1. The molecule has 0 aliphatic carbocycles. The van der Waals surface area contributed by atoms with Crippen molar-refractivity contribution in [2.45, 2.75) is 13.2 Å². The molecule has 1 heterocycles. The normalized spacial score (nSPS) is 19.2. The minimum Gasteiger partial charge on any atom is -0.463 e. The first-order valence-corrected chi connectivity index (χ1v) is 4.99. The van der Waals surface area contributed by atoms with E-state index in [9.17, 15) is 14.7 Å². The van der Waals surface area contributed by atoms with Crippen LogP contribution in [0.1, 0.15) is 6.92 Å². The maximum absolute atomic E-state index is 11.1. The molecule has 90 valence electrons. The van der Waals surface area contributed by atoms with Gasteiger partial charge in [-0.1, -0.05) is 0 Å². The number of nitrogens with zero attached hydrogens (tertiary/aromatic N) is 1. The van der Waals surface area contributed by atoms with Crippen molar-refractivity contribution < 1.29 is 24.2 Å². The van der Waals surface area contributed by atoms with E-state index in [1.54, 1.807) is 0 Å². The van der Waals surface area contributed by atoms with Gasteiger partial charge in [0.25, 0.3) is 0 Å². The molecule has 0 spiro atoms. The minimum absolute atomic E-state index is 0.198. The predicted molar refractivity (Wildman–Crippen MR) is 54.3 cm³/mol. The molecule has 1 unspecified atom stereocenters. The van der Waals surface area contributed by atoms with Gasteiger partial charge < -0.3 is 19.5 Å². The van der Waals surface area contributed by atoms with Crippen molar-refractivity contribution in [2.24, 2.45) is 0 Å². The summed E-state index contributed by atoms with van der Waals surface area (Å²) >= 11 is 0. The largest absolute Gasteiger partial charge is 0.463 e. The lowest BCUT2D eigenvalue weighted by molar-refractivity contribution is -0.142. The van der Waals surface area contributed by atoms with Crippen LogP contribution in [0.15, 0.2) is 12.2 Å². The smallest absolute Gasteiger partial charge is 0.302 e. The Hall–Kier alpha value is -1.40. The zero-order valence-corrected chi connectivity index (χ0v) is 9.09. The van der Waals surface area contributed by atoms with E-state index in [4.69, 9.17) is 4.74 Å². The molecule has 6 heteroatoms. The van der Waals surface area contributed by atoms with Gasteiger partial charge in [0.15, 0.2) is 0 Å². The summed E-state index contributed by atoms with van der Waals surface area (Å²) in [5.41, 5.74) is 0. The zero-order chi connectivity index (χ0) is 12.0. The topological polar surface area (TPSA) is 76.1 Å². The van der Waals surface area contributed by atoms with E-state index in [-0.39, 0.29) is 25.1 Å². The van der Waals surface area contributed by atoms with Gasteiger partial charge in [-0.05, 0) is 6.08 Å². The number of aliphatic hydroxyl groups is 1. The van der Waals surface area contributed by atoms with Crippen LogP contribution in [0, 0.1) is 0 Å². The van der Waals surface area contributed by atoms with Crippen molar-refractivity contribution in [1.82, 2.24) is 4.90 Å². The van der Waals surface area contributed by atoms with Crippen molar-refractivity contribution in [3.63, 3.8) is 0 Å². The fourth-order valence-electron chi connectivity index (χ4n) is 1.25. The minimum atomic E-state index is -0.857. The first-order chi connectivity index (χ1) is 7.61. The van der Waals surface area contributed by atoms with Crippen LogP contribution in [0.5, 0.6) is 0 Å². The molecule has 1 amide bonds. The van der Waals surface area contributed by atoms with E-state index in [0.717, 1.165) is 0 Å². The lowest BCUT2D eigenvalue weighted by Crippen LogP contribution is -2.36. The molecule has 0 bridgehead atoms. The Morgan fingerprint density at radius 3 is 2.81 bits per heavy atom. The van der Waals surface area contributed by atoms with E-state index in [0.29, 0.717) is 13.2 Å². The summed E-state index contributed by atoms with van der Waals surface area (Å²) in [4.78, 5) is 22.8. The van der Waals surface area contributed by atoms with Crippen molar-refractivity contribution in [3.8, 4) is 0 Å². The highest BCUT2D eigenvalue weighted by Crippen LogP contribution is 2.07. The summed E-state index contributed by atoms with van der Waals surface area (Å²) in [6, 6.07) is 0. The molecule has 1 atom stereocenters. The number of carbonyl (C=O) groups excluding carboxylic acids is 2. The van der Waals surface area contributed by atoms with Gasteiger partial charge in [0.2, 0.25) is 5.91 Å². The second kappa shape index (κ2) is 6.24. The highest BCUT2D eigenvalue weighted by atomic mass is 16.6. The molecular formula is C10H15NO5. The van der Waals surface area contributed by atoms with E-state index in [2.05, 4.69) is 4.74 Å². The Morgan fingerprint density at radius 1 is 1.50 bits per heavy atom. The van der Waals surface area contributed by atoms with E-state index in [1.807, 2.05) is 0 Å². The third-order valence-electron chi connectivity index (χ3n) is 2.02. The number of carbonyl (C=O) groups is 2. The van der Waals surface area contributed by atoms with Gasteiger partial charge in [-0.15, -0.1) is 0 Å². The van der Waals surface area contributed by atoms with Crippen LogP contribution in [-0.4, -0.2) is 54.5 Å². The number of hydrogen-bond acceptors (Lipinski definition) is 5. The molecule has 0 aromatic heterocycles. The average molecular weight is 229 g/mol. The Balaban J connectivity index is 2.03. The quantitative estimate of drug-likeness (QED) is 0.480. The van der Waals surface area contributed by atoms with Crippen LogP contribution >= 0.6 is 0 Å². The van der Waals surface area contributed by atoms with Crippen LogP contribution in [0.3, 0.4) is 0 Å². The number of rotatable bonds is 6. The highest BCUT2D eigenvalue weighted by molar-refractivity contribution is 5.90. The molecule has 6 nitrogen and oxygen atoms in total. The molecule has 0 saturated heterocycles. The molecule has 0 radical (unpaired) electrons. The van der Waals surface area contributed by atoms with Gasteiger partial charge in [-0.25, -0.2) is 0 Å². The van der Waals surface area contributed by atoms with E-state index < -0.39 is 6.23 Å². The maximum atomic E-state index is 11.1. The summed E-state index contributed by atoms with van der Waals surface area (Å²) in [6.45, 7) is 2.42. The molecular weight excluding hydrogens is 214 g/mol. The average Bonchev–Trinajstić information content (AvgIpc) is 2.53. The van der Waals surface area contributed by atoms with Crippen LogP contribution in [0.4, 0.5) is 0 Å². The molecule has 0 fully saturated rings. The lowest BCUT2D eigenvalue weighted by Gasteiger charge is -2.19. The molecule has 0 aromatic carbocycles. The van der Waals surface area contributed by atoms with Gasteiger partial charge in [0, 0.05) is 19.5 Å². The Labute approximate surface area is 93.4 Å². The van der Waals surface area contributed by atoms with E-state index in [1.165, 1.54) is 24.0 Å². The molecule has 1 aliphatic rings. The highest BCUT2D eigenvalue weighted by Gasteiger charge is 2.22. The molecule has 16 heavy (non-hydrogen) atoms. The number of ether oxygens (including phenoxy) is 2. The first-order valence-electron chi connectivity index (χ1n) is 4.99. The van der Waals surface area contributed by atoms with Gasteiger partial charge in [0.05, 0.1) is 13.2 Å². The van der Waals surface area contributed by atoms with Crippen molar-refractivity contribution in [1.29, 1.82) is 0 Å². The second-order valence-corrected chi connectivity index (χ2v) is 3.26. The third kappa shape index (κ3) is 4.00. The maximum Gasteiger partial charge on any atom is 0.302 e. The van der Waals surface area contributed by atoms with Gasteiger partial charge in [0.1, 0.15) is 12.8 Å².